The van der Waals surface area contributed by atoms with Crippen molar-refractivity contribution in [3.05, 3.63) is 59.9 Å². The van der Waals surface area contributed by atoms with Crippen LogP contribution >= 0.6 is 0 Å². The Morgan fingerprint density at radius 3 is 2.44 bits per heavy atom. The van der Waals surface area contributed by atoms with Gasteiger partial charge in [-0.25, -0.2) is 0 Å². The summed E-state index contributed by atoms with van der Waals surface area (Å²) in [4.78, 5) is 20.8. The summed E-state index contributed by atoms with van der Waals surface area (Å²) in [5.74, 6) is 1.04. The number of carbonyl (C=O) groups excluding carboxylic acids is 1. The standard InChI is InChI=1S/C20H25N3O2/c1-16(2)25-19-6-4-3-5-18(19)15-22-11-13-23(14-12-22)20(24)17-7-9-21-10-8-17/h3-10,16H,11-15H2,1-2H3. The molecule has 0 radical (unpaired) electrons. The molecule has 1 aliphatic heterocycles. The molecule has 0 N–H and O–H groups in total. The fourth-order valence-electron chi connectivity index (χ4n) is 3.03. The molecule has 1 amide bonds. The number of piperazine rings is 1. The van der Waals surface area contributed by atoms with Crippen LogP contribution in [0.25, 0.3) is 0 Å². The molecule has 1 fully saturated rings. The zero-order valence-corrected chi connectivity index (χ0v) is 14.9. The number of amides is 1. The number of para-hydroxylation sites is 1. The summed E-state index contributed by atoms with van der Waals surface area (Å²) in [7, 11) is 0. The maximum absolute atomic E-state index is 12.5. The lowest BCUT2D eigenvalue weighted by atomic mass is 10.1. The van der Waals surface area contributed by atoms with E-state index in [4.69, 9.17) is 4.74 Å². The summed E-state index contributed by atoms with van der Waals surface area (Å²) in [5, 5.41) is 0. The molecule has 25 heavy (non-hydrogen) atoms. The molecule has 0 bridgehead atoms. The highest BCUT2D eigenvalue weighted by Crippen LogP contribution is 2.22. The highest BCUT2D eigenvalue weighted by molar-refractivity contribution is 5.94. The Hall–Kier alpha value is -2.40. The molecule has 0 atom stereocenters. The molecule has 0 spiro atoms. The molecule has 5 heteroatoms. The number of pyridine rings is 1. The van der Waals surface area contributed by atoms with Crippen LogP contribution in [0.5, 0.6) is 5.75 Å². The molecule has 0 saturated carbocycles. The second-order valence-electron chi connectivity index (χ2n) is 6.58. The third-order valence-corrected chi connectivity index (χ3v) is 4.32. The molecule has 1 saturated heterocycles. The van der Waals surface area contributed by atoms with Gasteiger partial charge in [-0.15, -0.1) is 0 Å². The van der Waals surface area contributed by atoms with E-state index in [1.54, 1.807) is 24.5 Å². The van der Waals surface area contributed by atoms with Crippen molar-refractivity contribution in [2.24, 2.45) is 0 Å². The highest BCUT2D eigenvalue weighted by Gasteiger charge is 2.22. The first-order valence-corrected chi connectivity index (χ1v) is 8.79. The summed E-state index contributed by atoms with van der Waals surface area (Å²) < 4.78 is 5.91. The topological polar surface area (TPSA) is 45.7 Å². The minimum absolute atomic E-state index is 0.0885. The molecule has 1 aliphatic rings. The number of benzene rings is 1. The van der Waals surface area contributed by atoms with Gasteiger partial charge in [-0.1, -0.05) is 18.2 Å². The lowest BCUT2D eigenvalue weighted by molar-refractivity contribution is 0.0626. The molecule has 132 valence electrons. The maximum Gasteiger partial charge on any atom is 0.254 e. The third-order valence-electron chi connectivity index (χ3n) is 4.32. The minimum atomic E-state index is 0.0885. The van der Waals surface area contributed by atoms with Crippen LogP contribution in [0.15, 0.2) is 48.8 Å². The molecule has 5 nitrogen and oxygen atoms in total. The van der Waals surface area contributed by atoms with Gasteiger partial charge < -0.3 is 9.64 Å². The van der Waals surface area contributed by atoms with Gasteiger partial charge in [0, 0.05) is 56.2 Å². The number of hydrogen-bond donors (Lipinski definition) is 0. The van der Waals surface area contributed by atoms with Crippen LogP contribution in [0.3, 0.4) is 0 Å². The van der Waals surface area contributed by atoms with Crippen molar-refractivity contribution in [2.45, 2.75) is 26.5 Å². The predicted octanol–water partition coefficient (Wildman–Crippen LogP) is 2.83. The van der Waals surface area contributed by atoms with Gasteiger partial charge in [-0.05, 0) is 32.0 Å². The van der Waals surface area contributed by atoms with E-state index < -0.39 is 0 Å². The van der Waals surface area contributed by atoms with Crippen molar-refractivity contribution in [3.8, 4) is 5.75 Å². The van der Waals surface area contributed by atoms with Crippen LogP contribution in [-0.2, 0) is 6.54 Å². The largest absolute Gasteiger partial charge is 0.491 e. The molecular weight excluding hydrogens is 314 g/mol. The number of carbonyl (C=O) groups is 1. The average molecular weight is 339 g/mol. The Morgan fingerprint density at radius 1 is 1.08 bits per heavy atom. The molecule has 0 unspecified atom stereocenters. The quantitative estimate of drug-likeness (QED) is 0.840. The zero-order chi connectivity index (χ0) is 17.6. The molecule has 1 aromatic carbocycles. The third kappa shape index (κ3) is 4.57. The minimum Gasteiger partial charge on any atom is -0.491 e. The Morgan fingerprint density at radius 2 is 1.76 bits per heavy atom. The van der Waals surface area contributed by atoms with Crippen LogP contribution in [0.2, 0.25) is 0 Å². The molecule has 2 aromatic rings. The first-order chi connectivity index (χ1) is 12.1. The Bertz CT molecular complexity index is 695. The lowest BCUT2D eigenvalue weighted by Gasteiger charge is -2.35. The number of hydrogen-bond acceptors (Lipinski definition) is 4. The maximum atomic E-state index is 12.5. The van der Waals surface area contributed by atoms with Crippen LogP contribution < -0.4 is 4.74 Å². The van der Waals surface area contributed by atoms with Crippen LogP contribution in [0.1, 0.15) is 29.8 Å². The summed E-state index contributed by atoms with van der Waals surface area (Å²) in [5.41, 5.74) is 1.91. The van der Waals surface area contributed by atoms with Crippen LogP contribution in [-0.4, -0.2) is 53.0 Å². The molecule has 1 aromatic heterocycles. The van der Waals surface area contributed by atoms with Gasteiger partial charge in [-0.3, -0.25) is 14.7 Å². The van der Waals surface area contributed by atoms with Gasteiger partial charge >= 0.3 is 0 Å². The summed E-state index contributed by atoms with van der Waals surface area (Å²) in [6.45, 7) is 8.16. The second kappa shape index (κ2) is 8.12. The number of rotatable bonds is 5. The highest BCUT2D eigenvalue weighted by atomic mass is 16.5. The van der Waals surface area contributed by atoms with E-state index in [-0.39, 0.29) is 12.0 Å². The van der Waals surface area contributed by atoms with E-state index in [0.29, 0.717) is 5.56 Å². The van der Waals surface area contributed by atoms with Crippen molar-refractivity contribution in [1.82, 2.24) is 14.8 Å². The molecule has 3 rings (SSSR count). The van der Waals surface area contributed by atoms with Gasteiger partial charge in [0.1, 0.15) is 5.75 Å². The summed E-state index contributed by atoms with van der Waals surface area (Å²) >= 11 is 0. The van der Waals surface area contributed by atoms with Crippen molar-refractivity contribution in [3.63, 3.8) is 0 Å². The lowest BCUT2D eigenvalue weighted by Crippen LogP contribution is -2.48. The number of aromatic nitrogens is 1. The molecule has 0 aliphatic carbocycles. The molecular formula is C20H25N3O2. The second-order valence-corrected chi connectivity index (χ2v) is 6.58. The van der Waals surface area contributed by atoms with E-state index in [0.717, 1.165) is 38.5 Å². The smallest absolute Gasteiger partial charge is 0.254 e. The van der Waals surface area contributed by atoms with Crippen molar-refractivity contribution in [2.75, 3.05) is 26.2 Å². The van der Waals surface area contributed by atoms with E-state index in [2.05, 4.69) is 16.0 Å². The number of nitrogens with zero attached hydrogens (tertiary/aromatic N) is 3. The van der Waals surface area contributed by atoms with E-state index >= 15 is 0 Å². The Labute approximate surface area is 149 Å². The fraction of sp³-hybridized carbons (Fsp3) is 0.400. The first-order valence-electron chi connectivity index (χ1n) is 8.79. The van der Waals surface area contributed by atoms with Gasteiger partial charge in [0.15, 0.2) is 0 Å². The normalized spacial score (nSPS) is 15.4. The van der Waals surface area contributed by atoms with E-state index in [9.17, 15) is 4.79 Å². The SMILES string of the molecule is CC(C)Oc1ccccc1CN1CCN(C(=O)c2ccncc2)CC1. The monoisotopic (exact) mass is 339 g/mol. The zero-order valence-electron chi connectivity index (χ0n) is 14.9. The fourth-order valence-corrected chi connectivity index (χ4v) is 3.03. The summed E-state index contributed by atoms with van der Waals surface area (Å²) in [6.07, 6.45) is 3.49. The van der Waals surface area contributed by atoms with Crippen LogP contribution in [0.4, 0.5) is 0 Å². The van der Waals surface area contributed by atoms with Crippen molar-refractivity contribution < 1.29 is 9.53 Å². The van der Waals surface area contributed by atoms with E-state index in [1.807, 2.05) is 36.9 Å². The Kier molecular flexibility index (Phi) is 5.66. The van der Waals surface area contributed by atoms with Gasteiger partial charge in [0.2, 0.25) is 0 Å². The van der Waals surface area contributed by atoms with Gasteiger partial charge in [0.25, 0.3) is 5.91 Å². The van der Waals surface area contributed by atoms with Crippen LogP contribution in [0, 0.1) is 0 Å². The van der Waals surface area contributed by atoms with E-state index in [1.165, 1.54) is 5.56 Å². The average Bonchev–Trinajstić information content (AvgIpc) is 2.64. The van der Waals surface area contributed by atoms with Crippen molar-refractivity contribution in [1.29, 1.82) is 0 Å². The van der Waals surface area contributed by atoms with Gasteiger partial charge in [0.05, 0.1) is 6.10 Å². The van der Waals surface area contributed by atoms with Gasteiger partial charge in [-0.2, -0.15) is 0 Å². The molecule has 2 heterocycles. The predicted molar refractivity (Wildman–Crippen MR) is 97.6 cm³/mol. The summed E-state index contributed by atoms with van der Waals surface area (Å²) in [6, 6.07) is 11.7. The first kappa shape index (κ1) is 17.4. The Balaban J connectivity index is 1.57. The van der Waals surface area contributed by atoms with Crippen molar-refractivity contribution >= 4 is 5.91 Å². The number of ether oxygens (including phenoxy) is 1.